The molecule has 1 rings (SSSR count). The molecule has 6 heteroatoms. The fourth-order valence-corrected chi connectivity index (χ4v) is 1.71. The number of nitriles is 1. The number of nitrogens with zero attached hydrogens (tertiary/aromatic N) is 1. The average molecular weight is 281 g/mol. The second-order valence-electron chi connectivity index (χ2n) is 4.23. The summed E-state index contributed by atoms with van der Waals surface area (Å²) < 4.78 is 0. The largest absolute Gasteiger partial charge is 0.480 e. The van der Waals surface area contributed by atoms with Gasteiger partial charge in [0.15, 0.2) is 0 Å². The number of aliphatic carboxylic acids is 1. The van der Waals surface area contributed by atoms with Crippen molar-refractivity contribution in [3.05, 3.63) is 34.9 Å². The van der Waals surface area contributed by atoms with Crippen molar-refractivity contribution >= 4 is 23.5 Å². The lowest BCUT2D eigenvalue weighted by atomic mass is 9.95. The van der Waals surface area contributed by atoms with Crippen molar-refractivity contribution in [3.63, 3.8) is 0 Å². The molecule has 1 amide bonds. The summed E-state index contributed by atoms with van der Waals surface area (Å²) in [7, 11) is 0. The Labute approximate surface area is 115 Å². The molecule has 0 aliphatic heterocycles. The summed E-state index contributed by atoms with van der Waals surface area (Å²) >= 11 is 5.87. The Morgan fingerprint density at radius 2 is 2.11 bits per heavy atom. The lowest BCUT2D eigenvalue weighted by Crippen LogP contribution is -2.52. The summed E-state index contributed by atoms with van der Waals surface area (Å²) in [4.78, 5) is 23.2. The molecule has 1 unspecified atom stereocenters. The Kier molecular flexibility index (Phi) is 4.90. The van der Waals surface area contributed by atoms with Crippen molar-refractivity contribution in [1.29, 1.82) is 5.26 Å². The Balaban J connectivity index is 2.92. The fraction of sp³-hybridized carbons (Fsp3) is 0.308. The predicted molar refractivity (Wildman–Crippen MR) is 69.8 cm³/mol. The number of halogens is 1. The summed E-state index contributed by atoms with van der Waals surface area (Å²) in [6, 6.07) is 8.22. The van der Waals surface area contributed by atoms with E-state index in [2.05, 4.69) is 5.32 Å². The van der Waals surface area contributed by atoms with E-state index >= 15 is 0 Å². The maximum atomic E-state index is 12.0. The van der Waals surface area contributed by atoms with Crippen LogP contribution < -0.4 is 5.32 Å². The molecule has 0 spiro atoms. The maximum Gasteiger partial charge on any atom is 0.329 e. The van der Waals surface area contributed by atoms with Gasteiger partial charge in [-0.3, -0.25) is 4.79 Å². The zero-order valence-electron chi connectivity index (χ0n) is 10.3. The molecule has 0 aliphatic carbocycles. The van der Waals surface area contributed by atoms with Gasteiger partial charge in [-0.05, 0) is 25.5 Å². The lowest BCUT2D eigenvalue weighted by Gasteiger charge is -2.25. The molecule has 0 saturated carbocycles. The van der Waals surface area contributed by atoms with Gasteiger partial charge in [-0.2, -0.15) is 5.26 Å². The fourth-order valence-electron chi connectivity index (χ4n) is 1.49. The average Bonchev–Trinajstić information content (AvgIpc) is 2.36. The highest BCUT2D eigenvalue weighted by atomic mass is 35.5. The summed E-state index contributed by atoms with van der Waals surface area (Å²) in [5, 5.41) is 20.4. The van der Waals surface area contributed by atoms with Crippen LogP contribution in [-0.2, 0) is 4.79 Å². The molecule has 0 bridgehead atoms. The number of nitrogens with one attached hydrogen (secondary N) is 1. The third-order valence-electron chi connectivity index (χ3n) is 2.72. The van der Waals surface area contributed by atoms with Crippen molar-refractivity contribution in [2.45, 2.75) is 25.3 Å². The number of carboxylic acid groups (broad SMARTS) is 1. The predicted octanol–water partition coefficient (Wildman–Crippen LogP) is 2.22. The smallest absolute Gasteiger partial charge is 0.329 e. The minimum Gasteiger partial charge on any atom is -0.480 e. The molecule has 5 nitrogen and oxygen atoms in total. The monoisotopic (exact) mass is 280 g/mol. The normalized spacial score (nSPS) is 13.1. The summed E-state index contributed by atoms with van der Waals surface area (Å²) in [5.74, 6) is -1.77. The second-order valence-corrected chi connectivity index (χ2v) is 4.64. The van der Waals surface area contributed by atoms with Crippen LogP contribution in [0.4, 0.5) is 0 Å². The summed E-state index contributed by atoms with van der Waals surface area (Å²) in [6.45, 7) is 1.36. The number of carbonyl (C=O) groups excluding carboxylic acids is 1. The van der Waals surface area contributed by atoms with Gasteiger partial charge in [0, 0.05) is 6.42 Å². The minimum absolute atomic E-state index is 0.0228. The zero-order valence-corrected chi connectivity index (χ0v) is 11.1. The van der Waals surface area contributed by atoms with E-state index in [-0.39, 0.29) is 23.4 Å². The second kappa shape index (κ2) is 6.21. The van der Waals surface area contributed by atoms with Gasteiger partial charge in [-0.1, -0.05) is 23.7 Å². The Morgan fingerprint density at radius 3 is 2.63 bits per heavy atom. The van der Waals surface area contributed by atoms with Gasteiger partial charge in [0.1, 0.15) is 5.54 Å². The van der Waals surface area contributed by atoms with Gasteiger partial charge in [0.05, 0.1) is 16.7 Å². The molecule has 0 radical (unpaired) electrons. The lowest BCUT2D eigenvalue weighted by molar-refractivity contribution is -0.144. The zero-order chi connectivity index (χ0) is 14.5. The molecule has 0 aromatic heterocycles. The molecule has 0 heterocycles. The number of hydrogen-bond donors (Lipinski definition) is 2. The standard InChI is InChI=1S/C13H13ClN2O3/c1-13(12(18)19,7-4-8-15)16-11(17)9-5-2-3-6-10(9)14/h2-3,5-6H,4,7H2,1H3,(H,16,17)(H,18,19). The van der Waals surface area contributed by atoms with Crippen molar-refractivity contribution in [3.8, 4) is 6.07 Å². The molecule has 0 saturated heterocycles. The molecule has 0 fully saturated rings. The highest BCUT2D eigenvalue weighted by molar-refractivity contribution is 6.33. The van der Waals surface area contributed by atoms with Gasteiger partial charge < -0.3 is 10.4 Å². The highest BCUT2D eigenvalue weighted by Gasteiger charge is 2.34. The van der Waals surface area contributed by atoms with Crippen LogP contribution in [0.25, 0.3) is 0 Å². The first kappa shape index (κ1) is 15.0. The molecule has 1 atom stereocenters. The van der Waals surface area contributed by atoms with Crippen LogP contribution in [0.2, 0.25) is 5.02 Å². The van der Waals surface area contributed by atoms with Crippen LogP contribution in [0.15, 0.2) is 24.3 Å². The third-order valence-corrected chi connectivity index (χ3v) is 3.05. The van der Waals surface area contributed by atoms with Gasteiger partial charge in [-0.25, -0.2) is 4.79 Å². The summed E-state index contributed by atoms with van der Waals surface area (Å²) in [5.41, 5.74) is -1.29. The van der Waals surface area contributed by atoms with Crippen LogP contribution >= 0.6 is 11.6 Å². The number of benzene rings is 1. The number of carbonyl (C=O) groups is 2. The van der Waals surface area contributed by atoms with Crippen molar-refractivity contribution < 1.29 is 14.7 Å². The van der Waals surface area contributed by atoms with Crippen LogP contribution in [0, 0.1) is 11.3 Å². The van der Waals surface area contributed by atoms with E-state index in [0.717, 1.165) is 0 Å². The van der Waals surface area contributed by atoms with E-state index < -0.39 is 17.4 Å². The number of rotatable bonds is 5. The van der Waals surface area contributed by atoms with Crippen molar-refractivity contribution in [2.24, 2.45) is 0 Å². The first-order valence-corrected chi connectivity index (χ1v) is 5.96. The SMILES string of the molecule is CC(CCC#N)(NC(=O)c1ccccc1Cl)C(=O)O. The highest BCUT2D eigenvalue weighted by Crippen LogP contribution is 2.18. The first-order valence-electron chi connectivity index (χ1n) is 5.58. The van der Waals surface area contributed by atoms with Crippen LogP contribution in [0.3, 0.4) is 0 Å². The van der Waals surface area contributed by atoms with Crippen molar-refractivity contribution in [2.75, 3.05) is 0 Å². The van der Waals surface area contributed by atoms with Gasteiger partial charge in [0.2, 0.25) is 0 Å². The quantitative estimate of drug-likeness (QED) is 0.865. The van der Waals surface area contributed by atoms with Gasteiger partial charge >= 0.3 is 5.97 Å². The molecule has 1 aromatic carbocycles. The molecule has 2 N–H and O–H groups in total. The first-order chi connectivity index (χ1) is 8.90. The van der Waals surface area contributed by atoms with E-state index in [1.165, 1.54) is 13.0 Å². The third kappa shape index (κ3) is 3.70. The number of amides is 1. The molecule has 19 heavy (non-hydrogen) atoms. The molecule has 1 aromatic rings. The molecule has 0 aliphatic rings. The van der Waals surface area contributed by atoms with Crippen LogP contribution in [0.5, 0.6) is 0 Å². The van der Waals surface area contributed by atoms with E-state index in [4.69, 9.17) is 22.0 Å². The molecule has 100 valence electrons. The topological polar surface area (TPSA) is 90.2 Å². The molecular formula is C13H13ClN2O3. The van der Waals surface area contributed by atoms with E-state index in [9.17, 15) is 9.59 Å². The maximum absolute atomic E-state index is 12.0. The Hall–Kier alpha value is -2.06. The van der Waals surface area contributed by atoms with Gasteiger partial charge in [0.25, 0.3) is 5.91 Å². The van der Waals surface area contributed by atoms with E-state index in [1.807, 2.05) is 6.07 Å². The van der Waals surface area contributed by atoms with E-state index in [1.54, 1.807) is 18.2 Å². The molecular weight excluding hydrogens is 268 g/mol. The number of hydrogen-bond acceptors (Lipinski definition) is 3. The van der Waals surface area contributed by atoms with Gasteiger partial charge in [-0.15, -0.1) is 0 Å². The minimum atomic E-state index is -1.49. The van der Waals surface area contributed by atoms with E-state index in [0.29, 0.717) is 0 Å². The number of carboxylic acids is 1. The summed E-state index contributed by atoms with van der Waals surface area (Å²) in [6.07, 6.45) is 0.0562. The Morgan fingerprint density at radius 1 is 1.47 bits per heavy atom. The Bertz CT molecular complexity index is 539. The van der Waals surface area contributed by atoms with Crippen LogP contribution in [-0.4, -0.2) is 22.5 Å². The van der Waals surface area contributed by atoms with Crippen LogP contribution in [0.1, 0.15) is 30.1 Å². The van der Waals surface area contributed by atoms with Crippen molar-refractivity contribution in [1.82, 2.24) is 5.32 Å².